The fourth-order valence-corrected chi connectivity index (χ4v) is 1.89. The Morgan fingerprint density at radius 2 is 1.85 bits per heavy atom. The lowest BCUT2D eigenvalue weighted by Gasteiger charge is -2.28. The molecule has 0 atom stereocenters. The van der Waals surface area contributed by atoms with Crippen LogP contribution in [0.15, 0.2) is 30.6 Å². The molecule has 1 heterocycles. The minimum atomic E-state index is -1.41. The second kappa shape index (κ2) is 6.00. The first-order valence-corrected chi connectivity index (χ1v) is 6.17. The molecule has 1 amide bonds. The maximum atomic E-state index is 12.0. The minimum absolute atomic E-state index is 0.0116. The molecule has 0 unspecified atom stereocenters. The molecular formula is C13H17N3O4. The van der Waals surface area contributed by atoms with Crippen molar-refractivity contribution >= 4 is 16.9 Å². The maximum absolute atomic E-state index is 12.0. The summed E-state index contributed by atoms with van der Waals surface area (Å²) in [6.07, 6.45) is 1.54. The molecule has 0 aliphatic rings. The molecule has 0 saturated carbocycles. The Morgan fingerprint density at radius 1 is 1.20 bits per heavy atom. The summed E-state index contributed by atoms with van der Waals surface area (Å²) in [5.74, 6) is -0.426. The molecule has 0 aliphatic heterocycles. The van der Waals surface area contributed by atoms with E-state index in [2.05, 4.69) is 10.3 Å². The monoisotopic (exact) mass is 279 g/mol. The van der Waals surface area contributed by atoms with Gasteiger partial charge < -0.3 is 25.2 Å². The van der Waals surface area contributed by atoms with Crippen LogP contribution in [0.1, 0.15) is 0 Å². The van der Waals surface area contributed by atoms with Crippen LogP contribution in [0.25, 0.3) is 11.0 Å². The molecule has 1 aromatic heterocycles. The van der Waals surface area contributed by atoms with Crippen LogP contribution in [0.4, 0.5) is 0 Å². The zero-order valence-corrected chi connectivity index (χ0v) is 10.9. The van der Waals surface area contributed by atoms with E-state index in [1.54, 1.807) is 10.9 Å². The summed E-state index contributed by atoms with van der Waals surface area (Å²) in [5, 5.41) is 30.0. The van der Waals surface area contributed by atoms with E-state index >= 15 is 0 Å². The number of hydrogen-bond acceptors (Lipinski definition) is 5. The lowest BCUT2D eigenvalue weighted by atomic mass is 10.0. The van der Waals surface area contributed by atoms with Crippen LogP contribution in [0.5, 0.6) is 0 Å². The number of aromatic nitrogens is 2. The Kier molecular flexibility index (Phi) is 4.33. The summed E-state index contributed by atoms with van der Waals surface area (Å²) in [7, 11) is 0. The number of aliphatic hydroxyl groups excluding tert-OH is 3. The molecule has 0 radical (unpaired) electrons. The van der Waals surface area contributed by atoms with Crippen LogP contribution in [-0.2, 0) is 11.3 Å². The van der Waals surface area contributed by atoms with Gasteiger partial charge in [0.05, 0.1) is 37.2 Å². The second-order valence-corrected chi connectivity index (χ2v) is 4.66. The van der Waals surface area contributed by atoms with Gasteiger partial charge in [0.15, 0.2) is 0 Å². The summed E-state index contributed by atoms with van der Waals surface area (Å²) >= 11 is 0. The van der Waals surface area contributed by atoms with Gasteiger partial charge in [0, 0.05) is 0 Å². The third kappa shape index (κ3) is 2.79. The van der Waals surface area contributed by atoms with Crippen molar-refractivity contribution in [1.82, 2.24) is 14.9 Å². The molecule has 20 heavy (non-hydrogen) atoms. The van der Waals surface area contributed by atoms with Crippen molar-refractivity contribution in [3.8, 4) is 0 Å². The number of hydrogen-bond donors (Lipinski definition) is 4. The fraction of sp³-hybridized carbons (Fsp3) is 0.385. The molecule has 0 spiro atoms. The molecule has 0 bridgehead atoms. The first kappa shape index (κ1) is 14.4. The smallest absolute Gasteiger partial charge is 0.240 e. The molecular weight excluding hydrogens is 262 g/mol. The maximum Gasteiger partial charge on any atom is 0.240 e. The van der Waals surface area contributed by atoms with E-state index in [1.807, 2.05) is 24.3 Å². The highest BCUT2D eigenvalue weighted by Crippen LogP contribution is 2.11. The Balaban J connectivity index is 2.12. The number of carbonyl (C=O) groups is 1. The van der Waals surface area contributed by atoms with Gasteiger partial charge in [0.25, 0.3) is 0 Å². The van der Waals surface area contributed by atoms with Gasteiger partial charge >= 0.3 is 0 Å². The van der Waals surface area contributed by atoms with Gasteiger partial charge in [0.2, 0.25) is 5.91 Å². The van der Waals surface area contributed by atoms with Crippen LogP contribution in [-0.4, -0.2) is 56.1 Å². The molecule has 4 N–H and O–H groups in total. The fourth-order valence-electron chi connectivity index (χ4n) is 1.89. The number of nitrogens with one attached hydrogen (secondary N) is 1. The third-order valence-electron chi connectivity index (χ3n) is 3.15. The standard InChI is InChI=1S/C13H17N3O4/c17-6-13(7-18,8-19)15-12(20)5-16-9-14-10-3-1-2-4-11(10)16/h1-4,9,17-19H,5-8H2,(H,15,20). The van der Waals surface area contributed by atoms with Gasteiger partial charge in [0.1, 0.15) is 12.1 Å². The lowest BCUT2D eigenvalue weighted by Crippen LogP contribution is -2.57. The number of carbonyl (C=O) groups excluding carboxylic acids is 1. The van der Waals surface area contributed by atoms with Gasteiger partial charge in [-0.05, 0) is 12.1 Å². The van der Waals surface area contributed by atoms with Crippen molar-refractivity contribution in [2.24, 2.45) is 0 Å². The van der Waals surface area contributed by atoms with Crippen molar-refractivity contribution in [3.63, 3.8) is 0 Å². The molecule has 2 rings (SSSR count). The van der Waals surface area contributed by atoms with Crippen LogP contribution in [0.2, 0.25) is 0 Å². The molecule has 7 heteroatoms. The van der Waals surface area contributed by atoms with E-state index in [-0.39, 0.29) is 6.54 Å². The van der Waals surface area contributed by atoms with Crippen LogP contribution in [0.3, 0.4) is 0 Å². The molecule has 7 nitrogen and oxygen atoms in total. The average molecular weight is 279 g/mol. The molecule has 1 aromatic carbocycles. The lowest BCUT2D eigenvalue weighted by molar-refractivity contribution is -0.125. The van der Waals surface area contributed by atoms with Crippen LogP contribution < -0.4 is 5.32 Å². The number of aliphatic hydroxyl groups is 3. The number of amides is 1. The number of para-hydroxylation sites is 2. The summed E-state index contributed by atoms with van der Waals surface area (Å²) < 4.78 is 1.65. The molecule has 0 fully saturated rings. The van der Waals surface area contributed by atoms with Crippen molar-refractivity contribution in [2.45, 2.75) is 12.1 Å². The largest absolute Gasteiger partial charge is 0.394 e. The quantitative estimate of drug-likeness (QED) is 0.535. The number of rotatable bonds is 6. The number of imidazole rings is 1. The van der Waals surface area contributed by atoms with E-state index in [4.69, 9.17) is 15.3 Å². The number of fused-ring (bicyclic) bond motifs is 1. The van der Waals surface area contributed by atoms with E-state index < -0.39 is 31.3 Å². The Bertz CT molecular complexity index is 584. The van der Waals surface area contributed by atoms with E-state index in [1.165, 1.54) is 0 Å². The van der Waals surface area contributed by atoms with Crippen molar-refractivity contribution in [1.29, 1.82) is 0 Å². The average Bonchev–Trinajstić information content (AvgIpc) is 2.88. The third-order valence-corrected chi connectivity index (χ3v) is 3.15. The zero-order valence-electron chi connectivity index (χ0n) is 10.9. The molecule has 0 saturated heterocycles. The highest BCUT2D eigenvalue weighted by molar-refractivity contribution is 5.80. The van der Waals surface area contributed by atoms with E-state index in [0.29, 0.717) is 0 Å². The summed E-state index contributed by atoms with van der Waals surface area (Å²) in [6.45, 7) is -1.65. The predicted molar refractivity (Wildman–Crippen MR) is 71.9 cm³/mol. The first-order chi connectivity index (χ1) is 9.64. The highest BCUT2D eigenvalue weighted by Gasteiger charge is 2.29. The van der Waals surface area contributed by atoms with Crippen molar-refractivity contribution < 1.29 is 20.1 Å². The summed E-state index contributed by atoms with van der Waals surface area (Å²) in [5.41, 5.74) is 0.177. The molecule has 2 aromatic rings. The summed E-state index contributed by atoms with van der Waals surface area (Å²) in [4.78, 5) is 16.1. The molecule has 0 aliphatic carbocycles. The second-order valence-electron chi connectivity index (χ2n) is 4.66. The van der Waals surface area contributed by atoms with Gasteiger partial charge in [-0.2, -0.15) is 0 Å². The van der Waals surface area contributed by atoms with Crippen LogP contribution >= 0.6 is 0 Å². The topological polar surface area (TPSA) is 108 Å². The highest BCUT2D eigenvalue weighted by atomic mass is 16.3. The predicted octanol–water partition coefficient (Wildman–Crippen LogP) is -1.13. The SMILES string of the molecule is O=C(Cn1cnc2ccccc21)NC(CO)(CO)CO. The first-order valence-electron chi connectivity index (χ1n) is 6.17. The van der Waals surface area contributed by atoms with Gasteiger partial charge in [-0.15, -0.1) is 0 Å². The number of nitrogens with zero attached hydrogens (tertiary/aromatic N) is 2. The van der Waals surface area contributed by atoms with Gasteiger partial charge in [-0.1, -0.05) is 12.1 Å². The van der Waals surface area contributed by atoms with E-state index in [0.717, 1.165) is 11.0 Å². The van der Waals surface area contributed by atoms with Crippen molar-refractivity contribution in [2.75, 3.05) is 19.8 Å². The van der Waals surface area contributed by atoms with Gasteiger partial charge in [-0.25, -0.2) is 4.98 Å². The molecule has 108 valence electrons. The Morgan fingerprint density at radius 3 is 2.50 bits per heavy atom. The van der Waals surface area contributed by atoms with Crippen LogP contribution in [0, 0.1) is 0 Å². The minimum Gasteiger partial charge on any atom is -0.394 e. The van der Waals surface area contributed by atoms with Crippen molar-refractivity contribution in [3.05, 3.63) is 30.6 Å². The normalized spacial score (nSPS) is 11.8. The van der Waals surface area contributed by atoms with E-state index in [9.17, 15) is 4.79 Å². The number of benzene rings is 1. The van der Waals surface area contributed by atoms with Gasteiger partial charge in [-0.3, -0.25) is 4.79 Å². The summed E-state index contributed by atoms with van der Waals surface area (Å²) in [6, 6.07) is 7.38. The zero-order chi connectivity index (χ0) is 14.6. The Hall–Kier alpha value is -1.96. The Labute approximate surface area is 115 Å².